The van der Waals surface area contributed by atoms with E-state index < -0.39 is 43.2 Å². The Morgan fingerprint density at radius 1 is 1.12 bits per heavy atom. The Balaban J connectivity index is 1.29. The van der Waals surface area contributed by atoms with Gasteiger partial charge in [-0.3, -0.25) is 9.59 Å². The number of aliphatic hydroxyl groups is 4. The molecule has 5 rings (SSSR count). The number of primary amides is 1. The maximum absolute atomic E-state index is 12.9. The third-order valence-electron chi connectivity index (χ3n) is 8.62. The number of hydrogen-bond donors (Lipinski definition) is 6. The van der Waals surface area contributed by atoms with E-state index in [0.29, 0.717) is 43.4 Å². The van der Waals surface area contributed by atoms with Crippen LogP contribution in [-0.4, -0.2) is 86.1 Å². The smallest absolute Gasteiger partial charge is 0.250 e. The van der Waals surface area contributed by atoms with Crippen LogP contribution in [0.3, 0.4) is 0 Å². The molecule has 1 aromatic heterocycles. The number of rotatable bonds is 7. The number of carbonyl (C=O) groups is 2. The largest absolute Gasteiger partial charge is 0.394 e. The Morgan fingerprint density at radius 3 is 2.49 bits per heavy atom. The molecule has 41 heavy (non-hydrogen) atoms. The predicted octanol–water partition coefficient (Wildman–Crippen LogP) is 1.58. The third kappa shape index (κ3) is 5.93. The number of nitrogens with zero attached hydrogens (tertiary/aromatic N) is 1. The van der Waals surface area contributed by atoms with Crippen LogP contribution >= 0.6 is 0 Å². The normalized spacial score (nSPS) is 31.5. The first kappa shape index (κ1) is 29.7. The van der Waals surface area contributed by atoms with E-state index >= 15 is 0 Å². The number of amides is 1. The summed E-state index contributed by atoms with van der Waals surface area (Å²) in [7, 11) is 0. The Labute approximate surface area is 239 Å². The number of Topliss-reactive ketones (excluding diaryl/α,β-unsaturated/α-hetero) is 1. The minimum atomic E-state index is -1.48. The van der Waals surface area contributed by atoms with Gasteiger partial charge in [-0.05, 0) is 68.2 Å². The summed E-state index contributed by atoms with van der Waals surface area (Å²) in [4.78, 5) is 25.2. The maximum atomic E-state index is 12.9. The van der Waals surface area contributed by atoms with Gasteiger partial charge in [0.2, 0.25) is 0 Å². The molecule has 1 saturated carbocycles. The van der Waals surface area contributed by atoms with Crippen LogP contribution in [0.1, 0.15) is 77.9 Å². The van der Waals surface area contributed by atoms with Gasteiger partial charge in [0.05, 0.1) is 18.3 Å². The van der Waals surface area contributed by atoms with Gasteiger partial charge in [0.25, 0.3) is 5.91 Å². The van der Waals surface area contributed by atoms with Crippen molar-refractivity contribution < 1.29 is 39.5 Å². The first-order chi connectivity index (χ1) is 19.4. The van der Waals surface area contributed by atoms with Crippen molar-refractivity contribution in [3.05, 3.63) is 46.8 Å². The van der Waals surface area contributed by atoms with Gasteiger partial charge in [-0.25, -0.2) is 0 Å². The van der Waals surface area contributed by atoms with Crippen molar-refractivity contribution >= 4 is 17.4 Å². The molecule has 1 aliphatic heterocycles. The van der Waals surface area contributed by atoms with Crippen LogP contribution in [0.15, 0.2) is 24.4 Å². The van der Waals surface area contributed by atoms with Crippen LogP contribution in [0.4, 0.5) is 5.69 Å². The number of aliphatic hydroxyl groups excluding tert-OH is 4. The van der Waals surface area contributed by atoms with Crippen LogP contribution in [0, 0.1) is 12.3 Å². The summed E-state index contributed by atoms with van der Waals surface area (Å²) in [6, 6.07) is 5.50. The quantitative estimate of drug-likeness (QED) is 0.288. The average Bonchev–Trinajstić information content (AvgIpc) is 3.24. The molecular formula is C30H41N3O8. The summed E-state index contributed by atoms with van der Waals surface area (Å²) in [6.45, 7) is 5.64. The van der Waals surface area contributed by atoms with Crippen molar-refractivity contribution in [3.8, 4) is 5.69 Å². The molecule has 0 bridgehead atoms. The summed E-state index contributed by atoms with van der Waals surface area (Å²) < 4.78 is 13.5. The number of carbonyl (C=O) groups excluding carboxylic acids is 2. The van der Waals surface area contributed by atoms with Crippen LogP contribution in [0.5, 0.6) is 0 Å². The van der Waals surface area contributed by atoms with E-state index in [-0.39, 0.29) is 23.3 Å². The SMILES string of the molecule is Cc1cn(-c2ccc(C(N)=O)c(N[C@H]3CC[C@H](O[C@@H]4O[C@H](CO)[C@H](O)[C@H](O)[C@H]4O)CC3)c2)c2c1C(=O)CC(C)(C)C2. The Morgan fingerprint density at radius 2 is 1.83 bits per heavy atom. The van der Waals surface area contributed by atoms with E-state index in [1.54, 1.807) is 6.07 Å². The molecule has 2 aliphatic carbocycles. The van der Waals surface area contributed by atoms with E-state index in [4.69, 9.17) is 15.2 Å². The Bertz CT molecular complexity index is 1300. The second kappa shape index (κ2) is 11.5. The number of ether oxygens (including phenoxy) is 2. The highest BCUT2D eigenvalue weighted by molar-refractivity contribution is 6.01. The number of aryl methyl sites for hydroxylation is 1. The standard InChI is InChI=1S/C30H41N3O8/c1-15-13-33(21-11-30(2,3)12-22(35)24(15)21)17-6-9-19(28(31)39)20(10-17)32-16-4-7-18(8-5-16)40-29-27(38)26(37)25(36)23(14-34)41-29/h6,9-10,13,16,18,23,25-27,29,32,34,36-38H,4-5,7-8,11-12,14H2,1-3H3,(H2,31,39)/t16-,18-,23-,25+,26+,27-,29-/m1/s1. The summed E-state index contributed by atoms with van der Waals surface area (Å²) in [5, 5.41) is 43.3. The van der Waals surface area contributed by atoms with E-state index in [9.17, 15) is 30.0 Å². The number of aromatic nitrogens is 1. The minimum absolute atomic E-state index is 0.0267. The molecular weight excluding hydrogens is 530 g/mol. The van der Waals surface area contributed by atoms with E-state index in [0.717, 1.165) is 28.9 Å². The van der Waals surface area contributed by atoms with Gasteiger partial charge in [-0.2, -0.15) is 0 Å². The van der Waals surface area contributed by atoms with Gasteiger partial charge in [-0.1, -0.05) is 13.8 Å². The lowest BCUT2D eigenvalue weighted by Gasteiger charge is -2.41. The number of nitrogens with two attached hydrogens (primary N) is 1. The minimum Gasteiger partial charge on any atom is -0.394 e. The van der Waals surface area contributed by atoms with Gasteiger partial charge in [0, 0.05) is 41.3 Å². The molecule has 224 valence electrons. The fourth-order valence-corrected chi connectivity index (χ4v) is 6.46. The second-order valence-electron chi connectivity index (χ2n) is 12.5. The summed E-state index contributed by atoms with van der Waals surface area (Å²) in [5.74, 6) is -0.386. The zero-order valence-corrected chi connectivity index (χ0v) is 23.7. The Hall–Kier alpha value is -2.80. The van der Waals surface area contributed by atoms with E-state index in [1.165, 1.54) is 0 Å². The fraction of sp³-hybridized carbons (Fsp3) is 0.600. The number of anilines is 1. The molecule has 1 saturated heterocycles. The zero-order chi connectivity index (χ0) is 29.6. The summed E-state index contributed by atoms with van der Waals surface area (Å²) in [5.41, 5.74) is 10.1. The molecule has 2 heterocycles. The highest BCUT2D eigenvalue weighted by Gasteiger charge is 2.45. The summed E-state index contributed by atoms with van der Waals surface area (Å²) in [6.07, 6.45) is -0.881. The highest BCUT2D eigenvalue weighted by Crippen LogP contribution is 2.39. The molecule has 11 nitrogen and oxygen atoms in total. The monoisotopic (exact) mass is 571 g/mol. The van der Waals surface area contributed by atoms with E-state index in [1.807, 2.05) is 29.8 Å². The van der Waals surface area contributed by atoms with Crippen LogP contribution in [-0.2, 0) is 15.9 Å². The number of hydrogen-bond acceptors (Lipinski definition) is 9. The van der Waals surface area contributed by atoms with Gasteiger partial charge >= 0.3 is 0 Å². The van der Waals surface area contributed by atoms with Crippen molar-refractivity contribution in [2.24, 2.45) is 11.1 Å². The molecule has 1 amide bonds. The average molecular weight is 572 g/mol. The molecule has 0 radical (unpaired) electrons. The number of ketones is 1. The number of benzene rings is 1. The predicted molar refractivity (Wildman–Crippen MR) is 150 cm³/mol. The first-order valence-corrected chi connectivity index (χ1v) is 14.3. The molecule has 2 fully saturated rings. The zero-order valence-electron chi connectivity index (χ0n) is 23.7. The third-order valence-corrected chi connectivity index (χ3v) is 8.62. The maximum Gasteiger partial charge on any atom is 0.250 e. The lowest BCUT2D eigenvalue weighted by molar-refractivity contribution is -0.313. The van der Waals surface area contributed by atoms with Crippen LogP contribution < -0.4 is 11.1 Å². The van der Waals surface area contributed by atoms with Crippen molar-refractivity contribution in [1.29, 1.82) is 0 Å². The molecule has 1 aromatic carbocycles. The van der Waals surface area contributed by atoms with Crippen molar-refractivity contribution in [1.82, 2.24) is 4.57 Å². The van der Waals surface area contributed by atoms with Gasteiger partial charge in [0.15, 0.2) is 12.1 Å². The van der Waals surface area contributed by atoms with Crippen LogP contribution in [0.2, 0.25) is 0 Å². The first-order valence-electron chi connectivity index (χ1n) is 14.3. The second-order valence-corrected chi connectivity index (χ2v) is 12.5. The topological polar surface area (TPSA) is 176 Å². The number of nitrogens with one attached hydrogen (secondary N) is 1. The lowest BCUT2D eigenvalue weighted by atomic mass is 9.75. The molecule has 0 unspecified atom stereocenters. The van der Waals surface area contributed by atoms with Gasteiger partial charge in [0.1, 0.15) is 24.4 Å². The molecule has 2 aromatic rings. The molecule has 5 atom stereocenters. The fourth-order valence-electron chi connectivity index (χ4n) is 6.46. The number of fused-ring (bicyclic) bond motifs is 1. The molecule has 3 aliphatic rings. The molecule has 7 N–H and O–H groups in total. The van der Waals surface area contributed by atoms with E-state index in [2.05, 4.69) is 19.2 Å². The highest BCUT2D eigenvalue weighted by atomic mass is 16.7. The lowest BCUT2D eigenvalue weighted by Crippen LogP contribution is -2.59. The molecule has 0 spiro atoms. The van der Waals surface area contributed by atoms with Gasteiger partial charge in [-0.15, -0.1) is 0 Å². The van der Waals surface area contributed by atoms with Crippen LogP contribution in [0.25, 0.3) is 5.69 Å². The summed E-state index contributed by atoms with van der Waals surface area (Å²) >= 11 is 0. The Kier molecular flexibility index (Phi) is 8.30. The van der Waals surface area contributed by atoms with Crippen molar-refractivity contribution in [2.75, 3.05) is 11.9 Å². The van der Waals surface area contributed by atoms with Crippen molar-refractivity contribution in [2.45, 2.75) is 102 Å². The molecule has 11 heteroatoms. The van der Waals surface area contributed by atoms with Gasteiger partial charge < -0.3 is 45.5 Å². The van der Waals surface area contributed by atoms with Crippen molar-refractivity contribution in [3.63, 3.8) is 0 Å².